The van der Waals surface area contributed by atoms with E-state index in [1.807, 2.05) is 0 Å². The van der Waals surface area contributed by atoms with Gasteiger partial charge in [-0.2, -0.15) is 0 Å². The molecule has 1 unspecified atom stereocenters. The lowest BCUT2D eigenvalue weighted by Crippen LogP contribution is -2.45. The second-order valence-electron chi connectivity index (χ2n) is 6.48. The van der Waals surface area contributed by atoms with Crippen LogP contribution in [0.5, 0.6) is 0 Å². The van der Waals surface area contributed by atoms with Gasteiger partial charge in [0.15, 0.2) is 0 Å². The van der Waals surface area contributed by atoms with E-state index in [9.17, 15) is 9.90 Å². The van der Waals surface area contributed by atoms with Gasteiger partial charge in [0.1, 0.15) is 0 Å². The Labute approximate surface area is 121 Å². The molecular weight excluding hydrogens is 256 g/mol. The number of carbonyl (C=O) groups excluding carboxylic acids is 1. The fraction of sp³-hybridized carbons (Fsp3) is 0.800. The Hall–Kier alpha value is -1.07. The van der Waals surface area contributed by atoms with Crippen LogP contribution in [-0.4, -0.2) is 43.5 Å². The van der Waals surface area contributed by atoms with Crippen molar-refractivity contribution in [1.29, 1.82) is 0 Å². The minimum atomic E-state index is -0.207. The van der Waals surface area contributed by atoms with Crippen LogP contribution in [0, 0.1) is 5.41 Å². The van der Waals surface area contributed by atoms with Crippen molar-refractivity contribution in [2.75, 3.05) is 26.4 Å². The summed E-state index contributed by atoms with van der Waals surface area (Å²) in [7, 11) is 0. The summed E-state index contributed by atoms with van der Waals surface area (Å²) in [4.78, 5) is 11.8. The summed E-state index contributed by atoms with van der Waals surface area (Å²) >= 11 is 0. The molecule has 0 aromatic carbocycles. The zero-order chi connectivity index (χ0) is 15.0. The molecule has 0 spiro atoms. The van der Waals surface area contributed by atoms with Crippen LogP contribution in [0.4, 0.5) is 4.79 Å². The second-order valence-corrected chi connectivity index (χ2v) is 6.48. The van der Waals surface area contributed by atoms with E-state index in [4.69, 9.17) is 4.74 Å². The lowest BCUT2D eigenvalue weighted by Gasteiger charge is -2.25. The smallest absolute Gasteiger partial charge is 0.315 e. The highest BCUT2D eigenvalue weighted by molar-refractivity contribution is 5.74. The number of nitrogens with one attached hydrogen (secondary N) is 2. The van der Waals surface area contributed by atoms with E-state index in [0.717, 1.165) is 25.9 Å². The molecule has 20 heavy (non-hydrogen) atoms. The maximum absolute atomic E-state index is 11.8. The Morgan fingerprint density at radius 2 is 2.25 bits per heavy atom. The van der Waals surface area contributed by atoms with Crippen LogP contribution in [-0.2, 0) is 4.74 Å². The molecule has 2 amide bonds. The van der Waals surface area contributed by atoms with Gasteiger partial charge in [-0.05, 0) is 24.7 Å². The first-order valence-electron chi connectivity index (χ1n) is 7.31. The van der Waals surface area contributed by atoms with Gasteiger partial charge in [-0.1, -0.05) is 32.4 Å². The van der Waals surface area contributed by atoms with Crippen molar-refractivity contribution in [1.82, 2.24) is 10.6 Å². The van der Waals surface area contributed by atoms with Crippen LogP contribution >= 0.6 is 0 Å². The first kappa shape index (κ1) is 17.0. The lowest BCUT2D eigenvalue weighted by atomic mass is 9.88. The van der Waals surface area contributed by atoms with Crippen LogP contribution in [0.25, 0.3) is 0 Å². The van der Waals surface area contributed by atoms with E-state index in [1.165, 1.54) is 5.57 Å². The molecule has 1 aliphatic rings. The average Bonchev–Trinajstić information content (AvgIpc) is 2.37. The lowest BCUT2D eigenvalue weighted by molar-refractivity contribution is 0.153. The summed E-state index contributed by atoms with van der Waals surface area (Å²) in [6.45, 7) is 8.31. The van der Waals surface area contributed by atoms with Gasteiger partial charge in [-0.15, -0.1) is 0 Å². The number of hydrogen-bond acceptors (Lipinski definition) is 3. The Bertz CT molecular complexity index is 335. The van der Waals surface area contributed by atoms with E-state index in [-0.39, 0.29) is 24.1 Å². The summed E-state index contributed by atoms with van der Waals surface area (Å²) in [6, 6.07) is -0.404. The number of aliphatic hydroxyl groups is 1. The Balaban J connectivity index is 2.22. The Morgan fingerprint density at radius 3 is 2.80 bits per heavy atom. The first-order chi connectivity index (χ1) is 9.40. The molecule has 1 heterocycles. The molecule has 5 heteroatoms. The largest absolute Gasteiger partial charge is 0.394 e. The number of ether oxygens (including phenoxy) is 1. The van der Waals surface area contributed by atoms with E-state index in [2.05, 4.69) is 37.5 Å². The highest BCUT2D eigenvalue weighted by atomic mass is 16.5. The Kier molecular flexibility index (Phi) is 7.02. The van der Waals surface area contributed by atoms with Crippen LogP contribution in [0.1, 0.15) is 40.0 Å². The molecule has 5 nitrogen and oxygen atoms in total. The predicted molar refractivity (Wildman–Crippen MR) is 79.6 cm³/mol. The molecule has 0 aliphatic carbocycles. The zero-order valence-corrected chi connectivity index (χ0v) is 12.9. The standard InChI is InChI=1S/C15H28N2O3/c1-15(2,3)10-13(11-18)17-14(19)16-7-4-12-5-8-20-9-6-12/h5,13,18H,4,6-11H2,1-3H3,(H2,16,17,19). The van der Waals surface area contributed by atoms with Crippen LogP contribution in [0.2, 0.25) is 0 Å². The van der Waals surface area contributed by atoms with Crippen molar-refractivity contribution >= 4 is 6.03 Å². The van der Waals surface area contributed by atoms with E-state index in [1.54, 1.807) is 0 Å². The molecule has 0 fully saturated rings. The molecule has 1 rings (SSSR count). The molecule has 116 valence electrons. The summed E-state index contributed by atoms with van der Waals surface area (Å²) in [5.74, 6) is 0. The van der Waals surface area contributed by atoms with Gasteiger partial charge in [0.05, 0.1) is 25.9 Å². The minimum absolute atomic E-state index is 0.0345. The maximum atomic E-state index is 11.8. The summed E-state index contributed by atoms with van der Waals surface area (Å²) in [6.07, 6.45) is 4.64. The molecule has 0 aromatic heterocycles. The molecule has 0 radical (unpaired) electrons. The third-order valence-corrected chi connectivity index (χ3v) is 3.20. The first-order valence-corrected chi connectivity index (χ1v) is 7.31. The van der Waals surface area contributed by atoms with Crippen molar-refractivity contribution in [3.63, 3.8) is 0 Å². The monoisotopic (exact) mass is 284 g/mol. The molecule has 1 aliphatic heterocycles. The van der Waals surface area contributed by atoms with Crippen LogP contribution < -0.4 is 10.6 Å². The fourth-order valence-corrected chi connectivity index (χ4v) is 2.27. The van der Waals surface area contributed by atoms with Gasteiger partial charge in [-0.25, -0.2) is 4.79 Å². The quantitative estimate of drug-likeness (QED) is 0.652. The highest BCUT2D eigenvalue weighted by Gasteiger charge is 2.19. The van der Waals surface area contributed by atoms with E-state index in [0.29, 0.717) is 13.2 Å². The summed E-state index contributed by atoms with van der Waals surface area (Å²) in [5, 5.41) is 15.0. The molecule has 0 bridgehead atoms. The fourth-order valence-electron chi connectivity index (χ4n) is 2.27. The second kappa shape index (κ2) is 8.27. The third kappa shape index (κ3) is 7.50. The van der Waals surface area contributed by atoms with Gasteiger partial charge in [-0.3, -0.25) is 0 Å². The third-order valence-electron chi connectivity index (χ3n) is 3.20. The van der Waals surface area contributed by atoms with Gasteiger partial charge in [0.2, 0.25) is 0 Å². The van der Waals surface area contributed by atoms with Crippen molar-refractivity contribution in [2.24, 2.45) is 5.41 Å². The van der Waals surface area contributed by atoms with Gasteiger partial charge < -0.3 is 20.5 Å². The number of aliphatic hydroxyl groups excluding tert-OH is 1. The van der Waals surface area contributed by atoms with Crippen molar-refractivity contribution in [2.45, 2.75) is 46.1 Å². The SMILES string of the molecule is CC(C)(C)CC(CO)NC(=O)NCCC1=CCOCC1. The summed E-state index contributed by atoms with van der Waals surface area (Å²) < 4.78 is 5.24. The molecule has 0 aromatic rings. The normalized spacial score (nSPS) is 17.3. The zero-order valence-electron chi connectivity index (χ0n) is 12.9. The molecule has 1 atom stereocenters. The topological polar surface area (TPSA) is 70.6 Å². The van der Waals surface area contributed by atoms with E-state index < -0.39 is 0 Å². The van der Waals surface area contributed by atoms with E-state index >= 15 is 0 Å². The molecule has 0 saturated carbocycles. The van der Waals surface area contributed by atoms with Crippen LogP contribution in [0.3, 0.4) is 0 Å². The molecule has 3 N–H and O–H groups in total. The maximum Gasteiger partial charge on any atom is 0.315 e. The minimum Gasteiger partial charge on any atom is -0.394 e. The number of urea groups is 1. The number of rotatable bonds is 6. The highest BCUT2D eigenvalue weighted by Crippen LogP contribution is 2.20. The number of carbonyl (C=O) groups is 1. The van der Waals surface area contributed by atoms with Crippen molar-refractivity contribution < 1.29 is 14.6 Å². The predicted octanol–water partition coefficient (Wildman–Crippen LogP) is 1.82. The molecule has 0 saturated heterocycles. The average molecular weight is 284 g/mol. The van der Waals surface area contributed by atoms with Crippen LogP contribution in [0.15, 0.2) is 11.6 Å². The summed E-state index contributed by atoms with van der Waals surface area (Å²) in [5.41, 5.74) is 1.41. The van der Waals surface area contributed by atoms with Gasteiger partial charge in [0, 0.05) is 6.54 Å². The molecular formula is C15H28N2O3. The van der Waals surface area contributed by atoms with Gasteiger partial charge in [0.25, 0.3) is 0 Å². The van der Waals surface area contributed by atoms with Crippen molar-refractivity contribution in [3.05, 3.63) is 11.6 Å². The Morgan fingerprint density at radius 1 is 1.50 bits per heavy atom. The van der Waals surface area contributed by atoms with Gasteiger partial charge >= 0.3 is 6.03 Å². The number of amides is 2. The van der Waals surface area contributed by atoms with Crippen molar-refractivity contribution in [3.8, 4) is 0 Å². The number of hydrogen-bond donors (Lipinski definition) is 3.